The second kappa shape index (κ2) is 7.75. The van der Waals surface area contributed by atoms with Crippen LogP contribution >= 0.6 is 22.6 Å². The quantitative estimate of drug-likeness (QED) is 0.331. The van der Waals surface area contributed by atoms with E-state index in [4.69, 9.17) is 0 Å². The molecule has 2 aromatic carbocycles. The highest BCUT2D eigenvalue weighted by Crippen LogP contribution is 2.43. The van der Waals surface area contributed by atoms with Crippen molar-refractivity contribution in [2.24, 2.45) is 0 Å². The van der Waals surface area contributed by atoms with Gasteiger partial charge in [0.1, 0.15) is 11.5 Å². The molecule has 0 spiro atoms. The first-order valence-electron chi connectivity index (χ1n) is 8.34. The van der Waals surface area contributed by atoms with Gasteiger partial charge in [-0.2, -0.15) is 26.3 Å². The zero-order valence-corrected chi connectivity index (χ0v) is 18.1. The van der Waals surface area contributed by atoms with E-state index in [0.29, 0.717) is 16.4 Å². The predicted octanol–water partition coefficient (Wildman–Crippen LogP) is 5.27. The highest BCUT2D eigenvalue weighted by molar-refractivity contribution is 14.1. The molecule has 0 atom stereocenters. The Bertz CT molecular complexity index is 1100. The standard InChI is InChI=1S/C17H14F6IN3O2S/c1-16(4-5-16)27-30(28,29)26-14-9(17(21,22)23)7-11(19)13(20)15(14)25-12-3-2-8(24)6-10(12)18/h2-3,6-7,25-27H,4-5H2,1H3. The van der Waals surface area contributed by atoms with Crippen LogP contribution < -0.4 is 14.8 Å². The molecule has 0 bridgehead atoms. The zero-order valence-electron chi connectivity index (χ0n) is 15.1. The van der Waals surface area contributed by atoms with E-state index in [1.54, 1.807) is 27.3 Å². The third-order valence-corrected chi connectivity index (χ3v) is 6.24. The molecular weight excluding hydrogens is 551 g/mol. The summed E-state index contributed by atoms with van der Waals surface area (Å²) in [7, 11) is -4.60. The van der Waals surface area contributed by atoms with Crippen LogP contribution in [0.2, 0.25) is 0 Å². The maximum absolute atomic E-state index is 14.5. The smallest absolute Gasteiger partial charge is 0.349 e. The molecule has 0 aliphatic heterocycles. The summed E-state index contributed by atoms with van der Waals surface area (Å²) in [4.78, 5) is 0. The van der Waals surface area contributed by atoms with Crippen molar-refractivity contribution in [3.8, 4) is 0 Å². The Morgan fingerprint density at radius 3 is 2.20 bits per heavy atom. The molecule has 0 heterocycles. The number of halogens is 7. The van der Waals surface area contributed by atoms with E-state index in [0.717, 1.165) is 12.1 Å². The van der Waals surface area contributed by atoms with E-state index in [-0.39, 0.29) is 6.07 Å². The van der Waals surface area contributed by atoms with Gasteiger partial charge in [-0.1, -0.05) is 0 Å². The Labute approximate surface area is 181 Å². The molecule has 0 aromatic heterocycles. The Kier molecular flexibility index (Phi) is 5.92. The van der Waals surface area contributed by atoms with Crippen molar-refractivity contribution in [2.75, 3.05) is 10.0 Å². The van der Waals surface area contributed by atoms with Crippen molar-refractivity contribution in [3.05, 3.63) is 50.9 Å². The van der Waals surface area contributed by atoms with E-state index < -0.39 is 62.0 Å². The van der Waals surface area contributed by atoms with Gasteiger partial charge in [-0.25, -0.2) is 13.2 Å². The molecule has 0 radical (unpaired) electrons. The normalized spacial score (nSPS) is 15.7. The summed E-state index contributed by atoms with van der Waals surface area (Å²) in [5.41, 5.74) is -5.60. The summed E-state index contributed by atoms with van der Waals surface area (Å²) >= 11 is 1.77. The summed E-state index contributed by atoms with van der Waals surface area (Å²) in [5.74, 6) is -4.66. The molecule has 3 rings (SSSR count). The summed E-state index contributed by atoms with van der Waals surface area (Å²) < 4.78 is 112. The maximum atomic E-state index is 14.5. The lowest BCUT2D eigenvalue weighted by atomic mass is 10.1. The SMILES string of the molecule is CC1(NS(=O)(=O)Nc2c(C(F)(F)F)cc(F)c(F)c2Nc2ccc(I)cc2F)CC1. The van der Waals surface area contributed by atoms with E-state index in [2.05, 4.69) is 4.72 Å². The van der Waals surface area contributed by atoms with Crippen LogP contribution in [-0.4, -0.2) is 14.0 Å². The lowest BCUT2D eigenvalue weighted by molar-refractivity contribution is -0.137. The highest BCUT2D eigenvalue weighted by atomic mass is 127. The number of anilines is 3. The molecule has 13 heteroatoms. The highest BCUT2D eigenvalue weighted by Gasteiger charge is 2.43. The minimum atomic E-state index is -5.24. The van der Waals surface area contributed by atoms with Gasteiger partial charge in [-0.3, -0.25) is 4.72 Å². The lowest BCUT2D eigenvalue weighted by Gasteiger charge is -2.22. The molecule has 30 heavy (non-hydrogen) atoms. The third-order valence-electron chi connectivity index (χ3n) is 4.33. The summed E-state index contributed by atoms with van der Waals surface area (Å²) in [6, 6.07) is 3.30. The van der Waals surface area contributed by atoms with Crippen molar-refractivity contribution < 1.29 is 34.8 Å². The molecular formula is C17H14F6IN3O2S. The van der Waals surface area contributed by atoms with Crippen molar-refractivity contribution >= 4 is 49.9 Å². The molecule has 3 N–H and O–H groups in total. The van der Waals surface area contributed by atoms with Crippen LogP contribution in [0.5, 0.6) is 0 Å². The lowest BCUT2D eigenvalue weighted by Crippen LogP contribution is -2.39. The van der Waals surface area contributed by atoms with E-state index in [1.165, 1.54) is 13.0 Å². The fourth-order valence-corrected chi connectivity index (χ4v) is 4.41. The van der Waals surface area contributed by atoms with Gasteiger partial charge >= 0.3 is 6.18 Å². The van der Waals surface area contributed by atoms with Gasteiger partial charge in [0, 0.05) is 9.11 Å². The summed E-state index contributed by atoms with van der Waals surface area (Å²) in [6.07, 6.45) is -4.33. The van der Waals surface area contributed by atoms with Crippen LogP contribution in [0.25, 0.3) is 0 Å². The Morgan fingerprint density at radius 1 is 1.03 bits per heavy atom. The minimum Gasteiger partial charge on any atom is -0.349 e. The van der Waals surface area contributed by atoms with Crippen molar-refractivity contribution in [2.45, 2.75) is 31.5 Å². The van der Waals surface area contributed by atoms with Gasteiger partial charge in [0.2, 0.25) is 0 Å². The zero-order chi connectivity index (χ0) is 22.5. The predicted molar refractivity (Wildman–Crippen MR) is 107 cm³/mol. The molecule has 2 aromatic rings. The molecule has 0 unspecified atom stereocenters. The molecule has 1 aliphatic carbocycles. The average Bonchev–Trinajstić information content (AvgIpc) is 3.30. The Morgan fingerprint density at radius 2 is 1.67 bits per heavy atom. The van der Waals surface area contributed by atoms with E-state index >= 15 is 0 Å². The second-order valence-corrected chi connectivity index (χ2v) is 9.65. The fourth-order valence-electron chi connectivity index (χ4n) is 2.57. The number of rotatable bonds is 6. The first-order chi connectivity index (χ1) is 13.7. The van der Waals surface area contributed by atoms with Crippen LogP contribution in [0.3, 0.4) is 0 Å². The Hall–Kier alpha value is -1.74. The first-order valence-corrected chi connectivity index (χ1v) is 10.9. The molecule has 164 valence electrons. The van der Waals surface area contributed by atoms with E-state index in [9.17, 15) is 34.8 Å². The van der Waals surface area contributed by atoms with Crippen LogP contribution in [0, 0.1) is 21.0 Å². The molecule has 0 saturated heterocycles. The molecule has 1 fully saturated rings. The average molecular weight is 565 g/mol. The van der Waals surface area contributed by atoms with Gasteiger partial charge in [0.05, 0.1) is 16.9 Å². The fraction of sp³-hybridized carbons (Fsp3) is 0.294. The monoisotopic (exact) mass is 565 g/mol. The van der Waals surface area contributed by atoms with Gasteiger partial charge in [-0.05, 0) is 66.6 Å². The number of hydrogen-bond acceptors (Lipinski definition) is 3. The summed E-state index contributed by atoms with van der Waals surface area (Å²) in [6.45, 7) is 1.53. The third kappa shape index (κ3) is 5.11. The molecule has 1 aliphatic rings. The number of nitrogens with one attached hydrogen (secondary N) is 3. The largest absolute Gasteiger partial charge is 0.418 e. The topological polar surface area (TPSA) is 70.2 Å². The number of alkyl halides is 3. The summed E-state index contributed by atoms with van der Waals surface area (Å²) in [5, 5.41) is 2.04. The van der Waals surface area contributed by atoms with Crippen LogP contribution in [-0.2, 0) is 16.4 Å². The van der Waals surface area contributed by atoms with E-state index in [1.807, 2.05) is 5.32 Å². The minimum absolute atomic E-state index is 0.165. The van der Waals surface area contributed by atoms with Gasteiger partial charge in [0.25, 0.3) is 10.2 Å². The Balaban J connectivity index is 2.15. The van der Waals surface area contributed by atoms with Crippen LogP contribution in [0.4, 0.5) is 43.4 Å². The maximum Gasteiger partial charge on any atom is 0.418 e. The first kappa shape index (κ1) is 22.9. The van der Waals surface area contributed by atoms with Gasteiger partial charge in [-0.15, -0.1) is 0 Å². The van der Waals surface area contributed by atoms with Crippen LogP contribution in [0.1, 0.15) is 25.3 Å². The van der Waals surface area contributed by atoms with Crippen molar-refractivity contribution in [1.82, 2.24) is 4.72 Å². The van der Waals surface area contributed by atoms with Crippen molar-refractivity contribution in [3.63, 3.8) is 0 Å². The second-order valence-electron chi connectivity index (χ2n) is 6.99. The molecule has 1 saturated carbocycles. The molecule has 5 nitrogen and oxygen atoms in total. The van der Waals surface area contributed by atoms with Crippen LogP contribution in [0.15, 0.2) is 24.3 Å². The number of hydrogen-bond donors (Lipinski definition) is 3. The van der Waals surface area contributed by atoms with Gasteiger partial charge in [0.15, 0.2) is 11.6 Å². The van der Waals surface area contributed by atoms with Crippen molar-refractivity contribution in [1.29, 1.82) is 0 Å². The number of benzene rings is 2. The van der Waals surface area contributed by atoms with Gasteiger partial charge < -0.3 is 5.32 Å². The molecule has 0 amide bonds.